The first-order valence-electron chi connectivity index (χ1n) is 7.19. The molecule has 2 aromatic carbocycles. The highest BCUT2D eigenvalue weighted by Crippen LogP contribution is 2.27. The van der Waals surface area contributed by atoms with E-state index in [1.165, 1.54) is 5.56 Å². The van der Waals surface area contributed by atoms with E-state index < -0.39 is 11.9 Å². The van der Waals surface area contributed by atoms with Crippen molar-refractivity contribution in [2.75, 3.05) is 13.2 Å². The lowest BCUT2D eigenvalue weighted by molar-refractivity contribution is -0.159. The van der Waals surface area contributed by atoms with E-state index in [2.05, 4.69) is 33.4 Å². The molecular formula is C17H17BrClNO5. The molecule has 134 valence electrons. The first kappa shape index (κ1) is 21.0. The minimum absolute atomic E-state index is 0.618. The molecule has 0 aliphatic heterocycles. The fraction of sp³-hybridized carbons (Fsp3) is 0.176. The molecule has 0 spiro atoms. The van der Waals surface area contributed by atoms with E-state index in [1.54, 1.807) is 0 Å². The molecule has 0 amide bonds. The summed E-state index contributed by atoms with van der Waals surface area (Å²) in [6.07, 6.45) is 0. The van der Waals surface area contributed by atoms with E-state index in [9.17, 15) is 0 Å². The summed E-state index contributed by atoms with van der Waals surface area (Å²) in [6, 6.07) is 15.8. The molecule has 0 aromatic heterocycles. The van der Waals surface area contributed by atoms with Crippen LogP contribution >= 0.6 is 27.5 Å². The van der Waals surface area contributed by atoms with Gasteiger partial charge in [-0.05, 0) is 39.7 Å². The standard InChI is InChI=1S/C15H15BrClNO.C2H2O4/c16-14-10-13(17)6-7-15(14)19-9-8-18-11-12-4-2-1-3-5-12;3-1(4)2(5)6/h1-7,10,18H,8-9,11H2;(H,3,4)(H,5,6). The summed E-state index contributed by atoms with van der Waals surface area (Å²) in [7, 11) is 0. The SMILES string of the molecule is Clc1ccc(OCCNCc2ccccc2)c(Br)c1.O=C(O)C(=O)O. The number of ether oxygens (including phenoxy) is 1. The first-order chi connectivity index (χ1) is 11.9. The third kappa shape index (κ3) is 9.09. The zero-order chi connectivity index (χ0) is 18.7. The maximum atomic E-state index is 9.10. The molecule has 0 heterocycles. The highest BCUT2D eigenvalue weighted by molar-refractivity contribution is 9.10. The first-order valence-corrected chi connectivity index (χ1v) is 8.36. The summed E-state index contributed by atoms with van der Waals surface area (Å²) in [5, 5.41) is 18.8. The van der Waals surface area contributed by atoms with E-state index in [4.69, 9.17) is 36.1 Å². The molecule has 2 rings (SSSR count). The quantitative estimate of drug-likeness (QED) is 0.480. The van der Waals surface area contributed by atoms with Crippen molar-refractivity contribution in [1.29, 1.82) is 0 Å². The predicted molar refractivity (Wildman–Crippen MR) is 98.1 cm³/mol. The topological polar surface area (TPSA) is 95.9 Å². The van der Waals surface area contributed by atoms with Gasteiger partial charge in [-0.25, -0.2) is 9.59 Å². The minimum atomic E-state index is -1.82. The lowest BCUT2D eigenvalue weighted by Gasteiger charge is -2.09. The number of halogens is 2. The monoisotopic (exact) mass is 429 g/mol. The van der Waals surface area contributed by atoms with Crippen LogP contribution in [0.2, 0.25) is 5.02 Å². The van der Waals surface area contributed by atoms with Crippen molar-refractivity contribution in [2.24, 2.45) is 0 Å². The molecule has 0 atom stereocenters. The highest BCUT2D eigenvalue weighted by Gasteiger charge is 2.04. The normalized spacial score (nSPS) is 9.68. The predicted octanol–water partition coefficient (Wildman–Crippen LogP) is 3.43. The number of rotatable bonds is 6. The Morgan fingerprint density at radius 3 is 2.28 bits per heavy atom. The third-order valence-corrected chi connectivity index (χ3v) is 3.64. The van der Waals surface area contributed by atoms with Crippen LogP contribution in [0.4, 0.5) is 0 Å². The molecule has 25 heavy (non-hydrogen) atoms. The van der Waals surface area contributed by atoms with Gasteiger partial charge in [-0.3, -0.25) is 0 Å². The van der Waals surface area contributed by atoms with E-state index >= 15 is 0 Å². The van der Waals surface area contributed by atoms with Crippen LogP contribution in [-0.2, 0) is 16.1 Å². The van der Waals surface area contributed by atoms with E-state index in [1.807, 2.05) is 36.4 Å². The molecule has 0 bridgehead atoms. The maximum absolute atomic E-state index is 9.10. The zero-order valence-electron chi connectivity index (χ0n) is 13.1. The smallest absolute Gasteiger partial charge is 0.414 e. The Kier molecular flexibility index (Phi) is 9.61. The van der Waals surface area contributed by atoms with Gasteiger partial charge in [-0.15, -0.1) is 0 Å². The summed E-state index contributed by atoms with van der Waals surface area (Å²) in [5.41, 5.74) is 1.27. The fourth-order valence-corrected chi connectivity index (χ4v) is 2.45. The molecule has 3 N–H and O–H groups in total. The van der Waals surface area contributed by atoms with Gasteiger partial charge in [-0.1, -0.05) is 41.9 Å². The average Bonchev–Trinajstić information content (AvgIpc) is 2.58. The number of aliphatic carboxylic acids is 2. The van der Waals surface area contributed by atoms with Crippen molar-refractivity contribution >= 4 is 39.5 Å². The van der Waals surface area contributed by atoms with Crippen LogP contribution in [0.1, 0.15) is 5.56 Å². The van der Waals surface area contributed by atoms with Crippen LogP contribution in [-0.4, -0.2) is 35.3 Å². The van der Waals surface area contributed by atoms with Crippen molar-refractivity contribution in [1.82, 2.24) is 5.32 Å². The van der Waals surface area contributed by atoms with E-state index in [0.29, 0.717) is 11.6 Å². The van der Waals surface area contributed by atoms with Crippen molar-refractivity contribution in [3.63, 3.8) is 0 Å². The summed E-state index contributed by atoms with van der Waals surface area (Å²) in [6.45, 7) is 2.27. The van der Waals surface area contributed by atoms with Crippen molar-refractivity contribution in [3.8, 4) is 5.75 Å². The molecule has 2 aromatic rings. The minimum Gasteiger partial charge on any atom is -0.491 e. The Hall–Kier alpha value is -2.09. The number of benzene rings is 2. The molecular weight excluding hydrogens is 414 g/mol. The Bertz CT molecular complexity index is 685. The second kappa shape index (κ2) is 11.5. The number of hydrogen-bond acceptors (Lipinski definition) is 4. The molecule has 0 aliphatic carbocycles. The molecule has 0 unspecified atom stereocenters. The number of hydrogen-bond donors (Lipinski definition) is 3. The summed E-state index contributed by atoms with van der Waals surface area (Å²) < 4.78 is 6.54. The maximum Gasteiger partial charge on any atom is 0.414 e. The molecule has 0 saturated heterocycles. The van der Waals surface area contributed by atoms with Crippen LogP contribution in [0.5, 0.6) is 5.75 Å². The van der Waals surface area contributed by atoms with Crippen LogP contribution in [0.3, 0.4) is 0 Å². The van der Waals surface area contributed by atoms with Crippen molar-refractivity contribution < 1.29 is 24.5 Å². The largest absolute Gasteiger partial charge is 0.491 e. The molecule has 0 radical (unpaired) electrons. The highest BCUT2D eigenvalue weighted by atomic mass is 79.9. The van der Waals surface area contributed by atoms with Crippen LogP contribution in [0, 0.1) is 0 Å². The zero-order valence-corrected chi connectivity index (χ0v) is 15.5. The number of carboxylic acid groups (broad SMARTS) is 2. The fourth-order valence-electron chi connectivity index (χ4n) is 1.65. The number of carbonyl (C=O) groups is 2. The van der Waals surface area contributed by atoms with Crippen LogP contribution < -0.4 is 10.1 Å². The second-order valence-electron chi connectivity index (χ2n) is 4.70. The van der Waals surface area contributed by atoms with E-state index in [-0.39, 0.29) is 0 Å². The van der Waals surface area contributed by atoms with Crippen molar-refractivity contribution in [3.05, 3.63) is 63.6 Å². The Morgan fingerprint density at radius 1 is 1.08 bits per heavy atom. The van der Waals surface area contributed by atoms with Crippen LogP contribution in [0.15, 0.2) is 53.0 Å². The van der Waals surface area contributed by atoms with Gasteiger partial charge in [0.1, 0.15) is 12.4 Å². The Balaban J connectivity index is 0.000000450. The van der Waals surface area contributed by atoms with Gasteiger partial charge >= 0.3 is 11.9 Å². The Labute approximate surface area is 158 Å². The lowest BCUT2D eigenvalue weighted by Crippen LogP contribution is -2.20. The van der Waals surface area contributed by atoms with Gasteiger partial charge < -0.3 is 20.3 Å². The molecule has 0 saturated carbocycles. The van der Waals surface area contributed by atoms with Gasteiger partial charge in [0.15, 0.2) is 0 Å². The second-order valence-corrected chi connectivity index (χ2v) is 5.99. The van der Waals surface area contributed by atoms with Gasteiger partial charge in [0.2, 0.25) is 0 Å². The molecule has 6 nitrogen and oxygen atoms in total. The van der Waals surface area contributed by atoms with Crippen LogP contribution in [0.25, 0.3) is 0 Å². The summed E-state index contributed by atoms with van der Waals surface area (Å²) in [4.78, 5) is 18.2. The Morgan fingerprint density at radius 2 is 1.72 bits per heavy atom. The third-order valence-electron chi connectivity index (χ3n) is 2.79. The van der Waals surface area contributed by atoms with Gasteiger partial charge in [-0.2, -0.15) is 0 Å². The van der Waals surface area contributed by atoms with Crippen molar-refractivity contribution in [2.45, 2.75) is 6.54 Å². The number of nitrogens with one attached hydrogen (secondary N) is 1. The summed E-state index contributed by atoms with van der Waals surface area (Å²) >= 11 is 9.29. The molecule has 0 fully saturated rings. The summed E-state index contributed by atoms with van der Waals surface area (Å²) in [5.74, 6) is -2.84. The molecule has 0 aliphatic rings. The molecule has 8 heteroatoms. The van der Waals surface area contributed by atoms with E-state index in [0.717, 1.165) is 23.3 Å². The van der Waals surface area contributed by atoms with Gasteiger partial charge in [0, 0.05) is 18.1 Å². The van der Waals surface area contributed by atoms with Gasteiger partial charge in [0.05, 0.1) is 4.47 Å². The number of carboxylic acids is 2. The van der Waals surface area contributed by atoms with Gasteiger partial charge in [0.25, 0.3) is 0 Å². The lowest BCUT2D eigenvalue weighted by atomic mass is 10.2. The average molecular weight is 431 g/mol.